The van der Waals surface area contributed by atoms with Crippen LogP contribution in [0.4, 0.5) is 5.69 Å². The molecule has 0 radical (unpaired) electrons. The van der Waals surface area contributed by atoms with Crippen molar-refractivity contribution in [1.82, 2.24) is 0 Å². The van der Waals surface area contributed by atoms with Gasteiger partial charge in [0.05, 0.1) is 11.8 Å². The van der Waals surface area contributed by atoms with Crippen molar-refractivity contribution in [1.29, 1.82) is 0 Å². The lowest BCUT2D eigenvalue weighted by Crippen LogP contribution is -2.16. The lowest BCUT2D eigenvalue weighted by molar-refractivity contribution is -0.136. The van der Waals surface area contributed by atoms with Gasteiger partial charge in [0.15, 0.2) is 11.5 Å². The van der Waals surface area contributed by atoms with E-state index in [0.717, 1.165) is 5.56 Å². The summed E-state index contributed by atoms with van der Waals surface area (Å²) >= 11 is 0. The monoisotopic (exact) mass is 317 g/mol. The lowest BCUT2D eigenvalue weighted by Gasteiger charge is -2.10. The molecule has 120 valence electrons. The van der Waals surface area contributed by atoms with Crippen LogP contribution in [-0.4, -0.2) is 23.8 Å². The third-order valence-electron chi connectivity index (χ3n) is 3.56. The summed E-state index contributed by atoms with van der Waals surface area (Å²) in [6.07, 6.45) is 1.02. The molecule has 23 heavy (non-hydrogen) atoms. The number of carboxylic acids is 1. The largest absolute Gasteiger partial charge is 0.481 e. The molecule has 2 N–H and O–H groups in total. The summed E-state index contributed by atoms with van der Waals surface area (Å²) in [5, 5.41) is 11.7. The number of carboxylic acid groups (broad SMARTS) is 1. The van der Waals surface area contributed by atoms with Gasteiger partial charge < -0.3 is 24.3 Å². The van der Waals surface area contributed by atoms with Gasteiger partial charge in [-0.2, -0.15) is 0 Å². The van der Waals surface area contributed by atoms with E-state index in [1.54, 1.807) is 19.1 Å². The van der Waals surface area contributed by atoms with Crippen LogP contribution in [0.15, 0.2) is 22.8 Å². The first-order valence-corrected chi connectivity index (χ1v) is 6.96. The Kier molecular flexibility index (Phi) is 3.69. The van der Waals surface area contributed by atoms with Crippen LogP contribution < -0.4 is 14.8 Å². The number of nitrogens with one attached hydrogen (secondary N) is 1. The predicted octanol–water partition coefficient (Wildman–Crippen LogP) is 2.50. The molecular formula is C16H15NO6. The summed E-state index contributed by atoms with van der Waals surface area (Å²) in [5.41, 5.74) is 2.20. The molecule has 0 saturated carbocycles. The number of fused-ring (bicyclic) bond motifs is 1. The Balaban J connectivity index is 1.88. The van der Waals surface area contributed by atoms with E-state index in [1.807, 2.05) is 6.92 Å². The Morgan fingerprint density at radius 3 is 2.57 bits per heavy atom. The van der Waals surface area contributed by atoms with E-state index < -0.39 is 11.9 Å². The predicted molar refractivity (Wildman–Crippen MR) is 80.0 cm³/mol. The van der Waals surface area contributed by atoms with Crippen LogP contribution in [0.3, 0.4) is 0 Å². The minimum Gasteiger partial charge on any atom is -0.481 e. The first kappa shape index (κ1) is 15.0. The van der Waals surface area contributed by atoms with Gasteiger partial charge in [-0.1, -0.05) is 0 Å². The molecule has 1 amide bonds. The van der Waals surface area contributed by atoms with Gasteiger partial charge in [0.1, 0.15) is 12.2 Å². The summed E-state index contributed by atoms with van der Waals surface area (Å²) in [5.74, 6) is -0.167. The molecule has 1 aliphatic heterocycles. The summed E-state index contributed by atoms with van der Waals surface area (Å²) in [6, 6.07) is 3.46. The van der Waals surface area contributed by atoms with E-state index >= 15 is 0 Å². The van der Waals surface area contributed by atoms with E-state index in [-0.39, 0.29) is 24.5 Å². The molecule has 0 aliphatic carbocycles. The first-order valence-electron chi connectivity index (χ1n) is 6.96. The summed E-state index contributed by atoms with van der Waals surface area (Å²) in [4.78, 5) is 23.4. The fourth-order valence-corrected chi connectivity index (χ4v) is 2.43. The highest BCUT2D eigenvalue weighted by Gasteiger charge is 2.22. The molecule has 0 atom stereocenters. The number of carbonyl (C=O) groups excluding carboxylic acids is 1. The normalized spacial score (nSPS) is 12.3. The van der Waals surface area contributed by atoms with Crippen LogP contribution in [0, 0.1) is 13.8 Å². The number of ether oxygens (including phenoxy) is 2. The van der Waals surface area contributed by atoms with Gasteiger partial charge in [-0.3, -0.25) is 9.59 Å². The SMILES string of the molecule is Cc1cc2c(cc1NC(=O)c1c(C)coc1CC(=O)O)OCO2. The van der Waals surface area contributed by atoms with Crippen LogP contribution in [0.1, 0.15) is 27.2 Å². The number of hydrogen-bond donors (Lipinski definition) is 2. The topological polar surface area (TPSA) is 98.0 Å². The number of amides is 1. The number of benzene rings is 1. The molecule has 2 aromatic rings. The molecule has 2 heterocycles. The third-order valence-corrected chi connectivity index (χ3v) is 3.56. The standard InChI is InChI=1S/C16H15NO6/c1-8-3-11-12(23-7-22-11)4-10(8)17-16(20)15-9(2)6-21-13(15)5-14(18)19/h3-4,6H,5,7H2,1-2H3,(H,17,20)(H,18,19). The van der Waals surface area contributed by atoms with Gasteiger partial charge in [0.25, 0.3) is 5.91 Å². The first-order chi connectivity index (χ1) is 11.0. The molecule has 3 rings (SSSR count). The maximum atomic E-state index is 12.5. The van der Waals surface area contributed by atoms with Crippen molar-refractivity contribution in [2.75, 3.05) is 12.1 Å². The second-order valence-corrected chi connectivity index (χ2v) is 5.26. The minimum atomic E-state index is -1.06. The zero-order chi connectivity index (χ0) is 16.6. The van der Waals surface area contributed by atoms with Crippen LogP contribution in [0.2, 0.25) is 0 Å². The van der Waals surface area contributed by atoms with Gasteiger partial charge >= 0.3 is 5.97 Å². The smallest absolute Gasteiger partial charge is 0.311 e. The van der Waals surface area contributed by atoms with Gasteiger partial charge in [-0.25, -0.2) is 0 Å². The van der Waals surface area contributed by atoms with Crippen molar-refractivity contribution < 1.29 is 28.6 Å². The van der Waals surface area contributed by atoms with Crippen molar-refractivity contribution in [3.05, 3.63) is 40.8 Å². The van der Waals surface area contributed by atoms with Crippen molar-refractivity contribution in [3.63, 3.8) is 0 Å². The number of rotatable bonds is 4. The maximum Gasteiger partial charge on any atom is 0.311 e. The molecule has 0 spiro atoms. The average molecular weight is 317 g/mol. The minimum absolute atomic E-state index is 0.130. The molecule has 7 nitrogen and oxygen atoms in total. The second-order valence-electron chi connectivity index (χ2n) is 5.26. The number of anilines is 1. The quantitative estimate of drug-likeness (QED) is 0.899. The molecular weight excluding hydrogens is 302 g/mol. The molecule has 0 fully saturated rings. The molecule has 7 heteroatoms. The molecule has 1 aromatic carbocycles. The molecule has 0 unspecified atom stereocenters. The van der Waals surface area contributed by atoms with Crippen molar-refractivity contribution in [3.8, 4) is 11.5 Å². The number of aliphatic carboxylic acids is 1. The molecule has 1 aromatic heterocycles. The van der Waals surface area contributed by atoms with Crippen molar-refractivity contribution in [2.45, 2.75) is 20.3 Å². The van der Waals surface area contributed by atoms with Gasteiger partial charge in [0, 0.05) is 17.3 Å². The number of hydrogen-bond acceptors (Lipinski definition) is 5. The summed E-state index contributed by atoms with van der Waals surface area (Å²) < 4.78 is 15.8. The van der Waals surface area contributed by atoms with Gasteiger partial charge in [0.2, 0.25) is 6.79 Å². The van der Waals surface area contributed by atoms with Crippen molar-refractivity contribution >= 4 is 17.6 Å². The Hall–Kier alpha value is -2.96. The zero-order valence-corrected chi connectivity index (χ0v) is 12.6. The van der Waals surface area contributed by atoms with Gasteiger partial charge in [-0.05, 0) is 25.5 Å². The maximum absolute atomic E-state index is 12.5. The summed E-state index contributed by atoms with van der Waals surface area (Å²) in [6.45, 7) is 3.67. The number of carbonyl (C=O) groups is 2. The Morgan fingerprint density at radius 2 is 1.87 bits per heavy atom. The highest BCUT2D eigenvalue weighted by atomic mass is 16.7. The van der Waals surface area contributed by atoms with Crippen molar-refractivity contribution in [2.24, 2.45) is 0 Å². The molecule has 1 aliphatic rings. The van der Waals surface area contributed by atoms with E-state index in [1.165, 1.54) is 6.26 Å². The van der Waals surface area contributed by atoms with Crippen LogP contribution >= 0.6 is 0 Å². The molecule has 0 bridgehead atoms. The van der Waals surface area contributed by atoms with E-state index in [9.17, 15) is 9.59 Å². The third kappa shape index (κ3) is 2.85. The highest BCUT2D eigenvalue weighted by Crippen LogP contribution is 2.37. The molecule has 0 saturated heterocycles. The zero-order valence-electron chi connectivity index (χ0n) is 12.6. The second kappa shape index (κ2) is 5.68. The van der Waals surface area contributed by atoms with Crippen LogP contribution in [-0.2, 0) is 11.2 Å². The van der Waals surface area contributed by atoms with Gasteiger partial charge in [-0.15, -0.1) is 0 Å². The fraction of sp³-hybridized carbons (Fsp3) is 0.250. The van der Waals surface area contributed by atoms with E-state index in [0.29, 0.717) is 22.7 Å². The Morgan fingerprint density at radius 1 is 1.17 bits per heavy atom. The van der Waals surface area contributed by atoms with Crippen LogP contribution in [0.5, 0.6) is 11.5 Å². The summed E-state index contributed by atoms with van der Waals surface area (Å²) in [7, 11) is 0. The van der Waals surface area contributed by atoms with Crippen LogP contribution in [0.25, 0.3) is 0 Å². The highest BCUT2D eigenvalue weighted by molar-refractivity contribution is 6.07. The number of furan rings is 1. The Labute approximate surface area is 131 Å². The Bertz CT molecular complexity index is 792. The number of aryl methyl sites for hydroxylation is 2. The fourth-order valence-electron chi connectivity index (χ4n) is 2.43. The lowest BCUT2D eigenvalue weighted by atomic mass is 10.1. The van der Waals surface area contributed by atoms with E-state index in [4.69, 9.17) is 19.0 Å². The average Bonchev–Trinajstić information content (AvgIpc) is 3.05. The van der Waals surface area contributed by atoms with E-state index in [2.05, 4.69) is 5.32 Å².